The van der Waals surface area contributed by atoms with Gasteiger partial charge in [-0.15, -0.1) is 0 Å². The van der Waals surface area contributed by atoms with Crippen LogP contribution in [0.1, 0.15) is 13.3 Å². The second-order valence-corrected chi connectivity index (χ2v) is 1.80. The Kier molecular flexibility index (Phi) is 4.14. The van der Waals surface area contributed by atoms with Crippen LogP contribution in [0.2, 0.25) is 0 Å². The van der Waals surface area contributed by atoms with Gasteiger partial charge in [-0.3, -0.25) is 0 Å². The molecule has 0 unspecified atom stereocenters. The van der Waals surface area contributed by atoms with Crippen LogP contribution in [0.15, 0.2) is 12.3 Å². The molecule has 0 rings (SSSR count). The summed E-state index contributed by atoms with van der Waals surface area (Å²) in [5, 5.41) is 0. The molecule has 54 valence electrons. The Morgan fingerprint density at radius 1 is 1.56 bits per heavy atom. The zero-order valence-electron chi connectivity index (χ0n) is 6.31. The van der Waals surface area contributed by atoms with Crippen molar-refractivity contribution in [3.63, 3.8) is 0 Å². The van der Waals surface area contributed by atoms with E-state index in [1.165, 1.54) is 0 Å². The van der Waals surface area contributed by atoms with Crippen molar-refractivity contribution in [2.24, 2.45) is 0 Å². The van der Waals surface area contributed by atoms with E-state index in [2.05, 4.69) is 6.58 Å². The van der Waals surface area contributed by atoms with E-state index < -0.39 is 0 Å². The summed E-state index contributed by atoms with van der Waals surface area (Å²) < 4.78 is 9.90. The first-order valence-corrected chi connectivity index (χ1v) is 3.01. The van der Waals surface area contributed by atoms with Crippen LogP contribution in [0.4, 0.5) is 0 Å². The van der Waals surface area contributed by atoms with Crippen molar-refractivity contribution in [3.8, 4) is 0 Å². The molecule has 0 aliphatic carbocycles. The fraction of sp³-hybridized carbons (Fsp3) is 0.714. The molecular formula is C7H14O2. The second kappa shape index (κ2) is 4.39. The van der Waals surface area contributed by atoms with Gasteiger partial charge in [0.25, 0.3) is 0 Å². The fourth-order valence-electron chi connectivity index (χ4n) is 0.657. The van der Waals surface area contributed by atoms with Gasteiger partial charge in [-0.2, -0.15) is 0 Å². The molecule has 0 aromatic carbocycles. The fourth-order valence-corrected chi connectivity index (χ4v) is 0.657. The van der Waals surface area contributed by atoms with E-state index in [0.717, 1.165) is 6.42 Å². The van der Waals surface area contributed by atoms with Gasteiger partial charge in [0.2, 0.25) is 0 Å². The van der Waals surface area contributed by atoms with Gasteiger partial charge >= 0.3 is 0 Å². The van der Waals surface area contributed by atoms with Gasteiger partial charge in [-0.05, 0) is 6.42 Å². The molecule has 0 saturated heterocycles. The molecule has 0 radical (unpaired) electrons. The topological polar surface area (TPSA) is 18.5 Å². The number of ether oxygens (including phenoxy) is 2. The predicted molar refractivity (Wildman–Crippen MR) is 37.2 cm³/mol. The standard InChI is InChI=1S/C7H14O2/c1-5-7(9-4)6(2)8-3/h7H,2,5H2,1,3-4H3/t7-/m1/s1. The highest BCUT2D eigenvalue weighted by Crippen LogP contribution is 2.06. The van der Waals surface area contributed by atoms with Gasteiger partial charge in [0.15, 0.2) is 0 Å². The molecular weight excluding hydrogens is 116 g/mol. The minimum atomic E-state index is 0.0509. The summed E-state index contributed by atoms with van der Waals surface area (Å²) in [4.78, 5) is 0. The van der Waals surface area contributed by atoms with Gasteiger partial charge in [0, 0.05) is 7.11 Å². The molecule has 0 N–H and O–H groups in total. The Morgan fingerprint density at radius 3 is 2.22 bits per heavy atom. The van der Waals surface area contributed by atoms with E-state index in [-0.39, 0.29) is 6.10 Å². The summed E-state index contributed by atoms with van der Waals surface area (Å²) >= 11 is 0. The SMILES string of the molecule is C=C(OC)[C@@H](CC)OC. The maximum atomic E-state index is 5.03. The first-order valence-electron chi connectivity index (χ1n) is 3.01. The summed E-state index contributed by atoms with van der Waals surface area (Å²) in [5.74, 6) is 0.694. The zero-order valence-corrected chi connectivity index (χ0v) is 6.31. The van der Waals surface area contributed by atoms with Crippen LogP contribution in [-0.2, 0) is 9.47 Å². The van der Waals surface area contributed by atoms with E-state index >= 15 is 0 Å². The van der Waals surface area contributed by atoms with Crippen LogP contribution < -0.4 is 0 Å². The molecule has 0 saturated carbocycles. The Labute approximate surface area is 56.5 Å². The lowest BCUT2D eigenvalue weighted by atomic mass is 10.2. The number of hydrogen-bond donors (Lipinski definition) is 0. The van der Waals surface area contributed by atoms with Crippen LogP contribution in [-0.4, -0.2) is 20.3 Å². The number of rotatable bonds is 4. The molecule has 0 amide bonds. The maximum absolute atomic E-state index is 5.03. The Morgan fingerprint density at radius 2 is 2.11 bits per heavy atom. The molecule has 9 heavy (non-hydrogen) atoms. The predicted octanol–water partition coefficient (Wildman–Crippen LogP) is 1.57. The van der Waals surface area contributed by atoms with Gasteiger partial charge in [-0.25, -0.2) is 0 Å². The quantitative estimate of drug-likeness (QED) is 0.538. The normalized spacial score (nSPS) is 12.8. The van der Waals surface area contributed by atoms with E-state index in [4.69, 9.17) is 9.47 Å². The largest absolute Gasteiger partial charge is 0.499 e. The van der Waals surface area contributed by atoms with E-state index in [0.29, 0.717) is 5.76 Å². The number of methoxy groups -OCH3 is 2. The molecule has 1 atom stereocenters. The van der Waals surface area contributed by atoms with Crippen molar-refractivity contribution < 1.29 is 9.47 Å². The summed E-state index contributed by atoms with van der Waals surface area (Å²) in [5.41, 5.74) is 0. The van der Waals surface area contributed by atoms with Crippen molar-refractivity contribution in [3.05, 3.63) is 12.3 Å². The summed E-state index contributed by atoms with van der Waals surface area (Å²) in [6.45, 7) is 5.69. The highest BCUT2D eigenvalue weighted by molar-refractivity contribution is 4.91. The molecule has 0 fully saturated rings. The smallest absolute Gasteiger partial charge is 0.117 e. The summed E-state index contributed by atoms with van der Waals surface area (Å²) in [6.07, 6.45) is 0.957. The monoisotopic (exact) mass is 130 g/mol. The van der Waals surface area contributed by atoms with Crippen LogP contribution in [0.25, 0.3) is 0 Å². The molecule has 2 heteroatoms. The first-order chi connectivity index (χ1) is 4.26. The minimum absolute atomic E-state index is 0.0509. The van der Waals surface area contributed by atoms with Crippen molar-refractivity contribution in [2.75, 3.05) is 14.2 Å². The van der Waals surface area contributed by atoms with Gasteiger partial charge in [0.05, 0.1) is 7.11 Å². The summed E-state index contributed by atoms with van der Waals surface area (Å²) in [6, 6.07) is 0. The van der Waals surface area contributed by atoms with Gasteiger partial charge in [0.1, 0.15) is 11.9 Å². The minimum Gasteiger partial charge on any atom is -0.499 e. The van der Waals surface area contributed by atoms with Crippen LogP contribution in [0.3, 0.4) is 0 Å². The molecule has 0 bridgehead atoms. The molecule has 0 aliphatic rings. The Hall–Kier alpha value is -0.500. The highest BCUT2D eigenvalue weighted by Gasteiger charge is 2.07. The highest BCUT2D eigenvalue weighted by atomic mass is 16.5. The third kappa shape index (κ3) is 2.51. The summed E-state index contributed by atoms with van der Waals surface area (Å²) in [7, 11) is 3.25. The molecule has 2 nitrogen and oxygen atoms in total. The van der Waals surface area contributed by atoms with Crippen LogP contribution in [0, 0.1) is 0 Å². The van der Waals surface area contributed by atoms with E-state index in [1.54, 1.807) is 14.2 Å². The van der Waals surface area contributed by atoms with Crippen molar-refractivity contribution in [2.45, 2.75) is 19.4 Å². The lowest BCUT2D eigenvalue weighted by Gasteiger charge is -2.13. The van der Waals surface area contributed by atoms with Gasteiger partial charge in [-0.1, -0.05) is 13.5 Å². The average molecular weight is 130 g/mol. The van der Waals surface area contributed by atoms with Crippen molar-refractivity contribution in [1.82, 2.24) is 0 Å². The van der Waals surface area contributed by atoms with Crippen molar-refractivity contribution >= 4 is 0 Å². The van der Waals surface area contributed by atoms with Crippen LogP contribution in [0.5, 0.6) is 0 Å². The Bertz CT molecular complexity index is 84.9. The third-order valence-electron chi connectivity index (χ3n) is 1.28. The number of hydrogen-bond acceptors (Lipinski definition) is 2. The molecule has 0 aromatic heterocycles. The van der Waals surface area contributed by atoms with E-state index in [9.17, 15) is 0 Å². The second-order valence-electron chi connectivity index (χ2n) is 1.80. The maximum Gasteiger partial charge on any atom is 0.117 e. The first kappa shape index (κ1) is 8.50. The molecule has 0 aliphatic heterocycles. The van der Waals surface area contributed by atoms with Crippen LogP contribution >= 0.6 is 0 Å². The third-order valence-corrected chi connectivity index (χ3v) is 1.28. The lowest BCUT2D eigenvalue weighted by molar-refractivity contribution is 0.0772. The zero-order chi connectivity index (χ0) is 7.28. The molecule has 0 aromatic rings. The van der Waals surface area contributed by atoms with Gasteiger partial charge < -0.3 is 9.47 Å². The van der Waals surface area contributed by atoms with E-state index in [1.807, 2.05) is 6.92 Å². The van der Waals surface area contributed by atoms with Crippen molar-refractivity contribution in [1.29, 1.82) is 0 Å². The lowest BCUT2D eigenvalue weighted by Crippen LogP contribution is -2.12. The average Bonchev–Trinajstić information content (AvgIpc) is 1.90. The Balaban J connectivity index is 3.64. The molecule has 0 spiro atoms. The molecule has 0 heterocycles.